The fraction of sp³-hybridized carbons (Fsp3) is 0.571. The molecule has 0 spiro atoms. The highest BCUT2D eigenvalue weighted by Crippen LogP contribution is 2.29. The van der Waals surface area contributed by atoms with E-state index in [1.807, 2.05) is 19.1 Å². The van der Waals surface area contributed by atoms with Gasteiger partial charge in [-0.3, -0.25) is 9.78 Å². The molecule has 1 aliphatic rings. The number of nitrogens with zero attached hydrogens (tertiary/aromatic N) is 1. The molecular weight excluding hydrogens is 226 g/mol. The fourth-order valence-corrected chi connectivity index (χ4v) is 2.51. The summed E-state index contributed by atoms with van der Waals surface area (Å²) in [4.78, 5) is 16.3. The van der Waals surface area contributed by atoms with Crippen molar-refractivity contribution in [3.63, 3.8) is 0 Å². The number of carbonyl (C=O) groups is 1. The summed E-state index contributed by atoms with van der Waals surface area (Å²) < 4.78 is 0. The van der Waals surface area contributed by atoms with E-state index >= 15 is 0 Å². The average molecular weight is 247 g/mol. The van der Waals surface area contributed by atoms with Crippen LogP contribution in [0.3, 0.4) is 0 Å². The van der Waals surface area contributed by atoms with Crippen LogP contribution in [0.2, 0.25) is 0 Å². The SMILES string of the molecule is Cc1ncccc1NC(=O)C1CCC(CN)CC1. The minimum atomic E-state index is 0.126. The molecular formula is C14H21N3O. The third-order valence-electron chi connectivity index (χ3n) is 3.82. The van der Waals surface area contributed by atoms with E-state index in [4.69, 9.17) is 5.73 Å². The third-order valence-corrected chi connectivity index (χ3v) is 3.82. The van der Waals surface area contributed by atoms with Gasteiger partial charge in [0.2, 0.25) is 5.91 Å². The first-order valence-corrected chi connectivity index (χ1v) is 6.63. The summed E-state index contributed by atoms with van der Waals surface area (Å²) in [6.07, 6.45) is 5.78. The van der Waals surface area contributed by atoms with E-state index in [9.17, 15) is 4.79 Å². The summed E-state index contributed by atoms with van der Waals surface area (Å²) in [6, 6.07) is 3.74. The Morgan fingerprint density at radius 1 is 1.44 bits per heavy atom. The number of nitrogens with two attached hydrogens (primary N) is 1. The first-order chi connectivity index (χ1) is 8.70. The molecule has 0 atom stereocenters. The highest BCUT2D eigenvalue weighted by atomic mass is 16.1. The van der Waals surface area contributed by atoms with Gasteiger partial charge in [0, 0.05) is 12.1 Å². The summed E-state index contributed by atoms with van der Waals surface area (Å²) in [5.41, 5.74) is 7.34. The minimum Gasteiger partial charge on any atom is -0.330 e. The Morgan fingerprint density at radius 3 is 2.78 bits per heavy atom. The van der Waals surface area contributed by atoms with Gasteiger partial charge in [-0.2, -0.15) is 0 Å². The van der Waals surface area contributed by atoms with Crippen LogP contribution < -0.4 is 11.1 Å². The number of nitrogens with one attached hydrogen (secondary N) is 1. The maximum Gasteiger partial charge on any atom is 0.227 e. The van der Waals surface area contributed by atoms with Gasteiger partial charge in [0.1, 0.15) is 0 Å². The molecule has 1 aliphatic carbocycles. The lowest BCUT2D eigenvalue weighted by atomic mass is 9.81. The lowest BCUT2D eigenvalue weighted by molar-refractivity contribution is -0.121. The van der Waals surface area contributed by atoms with E-state index in [2.05, 4.69) is 10.3 Å². The van der Waals surface area contributed by atoms with E-state index in [1.54, 1.807) is 6.20 Å². The standard InChI is InChI=1S/C14H21N3O/c1-10-13(3-2-8-16-10)17-14(18)12-6-4-11(9-15)5-7-12/h2-3,8,11-12H,4-7,9,15H2,1H3,(H,17,18). The maximum absolute atomic E-state index is 12.1. The molecule has 0 aromatic carbocycles. The molecule has 18 heavy (non-hydrogen) atoms. The van der Waals surface area contributed by atoms with Gasteiger partial charge in [-0.15, -0.1) is 0 Å². The number of hydrogen-bond acceptors (Lipinski definition) is 3. The molecule has 1 heterocycles. The Morgan fingerprint density at radius 2 is 2.17 bits per heavy atom. The summed E-state index contributed by atoms with van der Waals surface area (Å²) in [7, 11) is 0. The van der Waals surface area contributed by atoms with Gasteiger partial charge < -0.3 is 11.1 Å². The third kappa shape index (κ3) is 3.07. The van der Waals surface area contributed by atoms with Gasteiger partial charge in [0.05, 0.1) is 11.4 Å². The molecule has 1 aromatic heterocycles. The molecule has 1 aromatic rings. The van der Waals surface area contributed by atoms with Crippen LogP contribution in [-0.2, 0) is 4.79 Å². The van der Waals surface area contributed by atoms with E-state index in [-0.39, 0.29) is 11.8 Å². The van der Waals surface area contributed by atoms with Gasteiger partial charge in [0.25, 0.3) is 0 Å². The molecule has 98 valence electrons. The Labute approximate surface area is 108 Å². The molecule has 1 saturated carbocycles. The molecule has 3 N–H and O–H groups in total. The lowest BCUT2D eigenvalue weighted by Crippen LogP contribution is -2.29. The van der Waals surface area contributed by atoms with Crippen molar-refractivity contribution in [1.82, 2.24) is 4.98 Å². The zero-order chi connectivity index (χ0) is 13.0. The van der Waals surface area contributed by atoms with Crippen molar-refractivity contribution in [2.75, 3.05) is 11.9 Å². The minimum absolute atomic E-state index is 0.126. The van der Waals surface area contributed by atoms with Crippen LogP contribution in [0.15, 0.2) is 18.3 Å². The van der Waals surface area contributed by atoms with Gasteiger partial charge in [-0.1, -0.05) is 0 Å². The van der Waals surface area contributed by atoms with E-state index in [1.165, 1.54) is 0 Å². The summed E-state index contributed by atoms with van der Waals surface area (Å²) >= 11 is 0. The summed E-state index contributed by atoms with van der Waals surface area (Å²) in [5.74, 6) is 0.864. The number of anilines is 1. The van der Waals surface area contributed by atoms with Crippen LogP contribution in [0.1, 0.15) is 31.4 Å². The normalized spacial score (nSPS) is 23.7. The topological polar surface area (TPSA) is 68.0 Å². The van der Waals surface area contributed by atoms with Crippen LogP contribution >= 0.6 is 0 Å². The van der Waals surface area contributed by atoms with Crippen molar-refractivity contribution in [3.8, 4) is 0 Å². The molecule has 0 unspecified atom stereocenters. The van der Waals surface area contributed by atoms with Crippen molar-refractivity contribution in [1.29, 1.82) is 0 Å². The predicted molar refractivity (Wildman–Crippen MR) is 72.1 cm³/mol. The Hall–Kier alpha value is -1.42. The second kappa shape index (κ2) is 5.96. The van der Waals surface area contributed by atoms with Crippen LogP contribution in [-0.4, -0.2) is 17.4 Å². The predicted octanol–water partition coefficient (Wildman–Crippen LogP) is 2.09. The van der Waals surface area contributed by atoms with E-state index < -0.39 is 0 Å². The Bertz CT molecular complexity index is 411. The lowest BCUT2D eigenvalue weighted by Gasteiger charge is -2.26. The van der Waals surface area contributed by atoms with E-state index in [0.29, 0.717) is 5.92 Å². The molecule has 0 bridgehead atoms. The second-order valence-corrected chi connectivity index (χ2v) is 5.08. The number of amides is 1. The van der Waals surface area contributed by atoms with E-state index in [0.717, 1.165) is 43.6 Å². The first kappa shape index (κ1) is 13.0. The second-order valence-electron chi connectivity index (χ2n) is 5.08. The van der Waals surface area contributed by atoms with Gasteiger partial charge >= 0.3 is 0 Å². The number of carbonyl (C=O) groups excluding carboxylic acids is 1. The Balaban J connectivity index is 1.91. The molecule has 4 nitrogen and oxygen atoms in total. The van der Waals surface area contributed by atoms with Crippen LogP contribution in [0.5, 0.6) is 0 Å². The fourth-order valence-electron chi connectivity index (χ4n) is 2.51. The van der Waals surface area contributed by atoms with Gasteiger partial charge in [-0.05, 0) is 57.2 Å². The first-order valence-electron chi connectivity index (χ1n) is 6.63. The van der Waals surface area contributed by atoms with Crippen molar-refractivity contribution in [2.24, 2.45) is 17.6 Å². The summed E-state index contributed by atoms with van der Waals surface area (Å²) in [5, 5.41) is 2.98. The molecule has 0 saturated heterocycles. The number of hydrogen-bond donors (Lipinski definition) is 2. The van der Waals surface area contributed by atoms with Gasteiger partial charge in [-0.25, -0.2) is 0 Å². The van der Waals surface area contributed by atoms with Crippen molar-refractivity contribution >= 4 is 11.6 Å². The highest BCUT2D eigenvalue weighted by molar-refractivity contribution is 5.93. The van der Waals surface area contributed by atoms with Crippen molar-refractivity contribution < 1.29 is 4.79 Å². The molecule has 1 fully saturated rings. The zero-order valence-electron chi connectivity index (χ0n) is 10.9. The molecule has 4 heteroatoms. The van der Waals surface area contributed by atoms with Crippen LogP contribution in [0, 0.1) is 18.8 Å². The van der Waals surface area contributed by atoms with Crippen molar-refractivity contribution in [3.05, 3.63) is 24.0 Å². The smallest absolute Gasteiger partial charge is 0.227 e. The number of aromatic nitrogens is 1. The largest absolute Gasteiger partial charge is 0.330 e. The highest BCUT2D eigenvalue weighted by Gasteiger charge is 2.25. The maximum atomic E-state index is 12.1. The van der Waals surface area contributed by atoms with Gasteiger partial charge in [0.15, 0.2) is 0 Å². The molecule has 2 rings (SSSR count). The molecule has 0 aliphatic heterocycles. The van der Waals surface area contributed by atoms with Crippen LogP contribution in [0.4, 0.5) is 5.69 Å². The Kier molecular flexibility index (Phi) is 4.31. The van der Waals surface area contributed by atoms with Crippen molar-refractivity contribution in [2.45, 2.75) is 32.6 Å². The molecule has 0 radical (unpaired) electrons. The quantitative estimate of drug-likeness (QED) is 0.859. The molecule has 1 amide bonds. The zero-order valence-corrected chi connectivity index (χ0v) is 10.9. The monoisotopic (exact) mass is 247 g/mol. The number of rotatable bonds is 3. The number of pyridine rings is 1. The van der Waals surface area contributed by atoms with Crippen LogP contribution in [0.25, 0.3) is 0 Å². The number of aryl methyl sites for hydroxylation is 1. The average Bonchev–Trinajstić information content (AvgIpc) is 2.41. The summed E-state index contributed by atoms with van der Waals surface area (Å²) in [6.45, 7) is 2.65.